The molecular weight excluding hydrogens is 222 g/mol. The molecule has 2 amide bonds. The van der Waals surface area contributed by atoms with E-state index in [0.717, 1.165) is 24.4 Å². The van der Waals surface area contributed by atoms with E-state index < -0.39 is 0 Å². The van der Waals surface area contributed by atoms with E-state index in [0.29, 0.717) is 6.04 Å². The van der Waals surface area contributed by atoms with Gasteiger partial charge in [-0.15, -0.1) is 0 Å². The molecule has 1 aliphatic rings. The van der Waals surface area contributed by atoms with E-state index in [1.165, 1.54) is 24.4 Å². The lowest BCUT2D eigenvalue weighted by molar-refractivity contribution is 0.238. The van der Waals surface area contributed by atoms with E-state index in [9.17, 15) is 4.79 Å². The Morgan fingerprint density at radius 1 is 1.56 bits per heavy atom. The maximum atomic E-state index is 11.6. The molecule has 1 aromatic rings. The van der Waals surface area contributed by atoms with Crippen molar-refractivity contribution in [2.75, 3.05) is 5.32 Å². The largest absolute Gasteiger partial charge is 0.335 e. The zero-order valence-corrected chi connectivity index (χ0v) is 10.2. The van der Waals surface area contributed by atoms with Gasteiger partial charge in [-0.3, -0.25) is 0 Å². The van der Waals surface area contributed by atoms with Crippen molar-refractivity contribution in [3.05, 3.63) is 11.6 Å². The Morgan fingerprint density at radius 2 is 2.44 bits per heavy atom. The van der Waals surface area contributed by atoms with Crippen molar-refractivity contribution in [3.63, 3.8) is 0 Å². The van der Waals surface area contributed by atoms with Crippen LogP contribution in [0.3, 0.4) is 0 Å². The second kappa shape index (κ2) is 5.30. The van der Waals surface area contributed by atoms with Crippen LogP contribution in [-0.2, 0) is 0 Å². The first-order valence-corrected chi connectivity index (χ1v) is 6.54. The minimum absolute atomic E-state index is 0.112. The number of amides is 2. The number of hydrogen-bond acceptors (Lipinski definition) is 3. The van der Waals surface area contributed by atoms with E-state index in [4.69, 9.17) is 0 Å². The lowest BCUT2D eigenvalue weighted by Gasteiger charge is -2.27. The topological polar surface area (TPSA) is 54.0 Å². The lowest BCUT2D eigenvalue weighted by Crippen LogP contribution is -2.40. The minimum atomic E-state index is -0.112. The highest BCUT2D eigenvalue weighted by molar-refractivity contribution is 7.04. The van der Waals surface area contributed by atoms with Crippen molar-refractivity contribution in [1.29, 1.82) is 0 Å². The molecule has 1 aromatic heterocycles. The van der Waals surface area contributed by atoms with Crippen LogP contribution < -0.4 is 10.6 Å². The Kier molecular flexibility index (Phi) is 3.77. The molecule has 0 radical (unpaired) electrons. The first kappa shape index (κ1) is 11.4. The van der Waals surface area contributed by atoms with Crippen LogP contribution in [0, 0.1) is 5.92 Å². The SMILES string of the molecule is CC1CCCC(NC(=O)Nc2cnsc2)C1. The molecule has 1 saturated carbocycles. The molecule has 2 unspecified atom stereocenters. The molecule has 1 aliphatic carbocycles. The Hall–Kier alpha value is -1.10. The van der Waals surface area contributed by atoms with Gasteiger partial charge in [0.2, 0.25) is 0 Å². The molecule has 0 saturated heterocycles. The van der Waals surface area contributed by atoms with Gasteiger partial charge in [-0.05, 0) is 30.3 Å². The Morgan fingerprint density at radius 3 is 3.12 bits per heavy atom. The number of nitrogens with one attached hydrogen (secondary N) is 2. The van der Waals surface area contributed by atoms with Crippen LogP contribution in [-0.4, -0.2) is 16.4 Å². The smallest absolute Gasteiger partial charge is 0.319 e. The highest BCUT2D eigenvalue weighted by Gasteiger charge is 2.20. The average Bonchev–Trinajstić information content (AvgIpc) is 2.70. The summed E-state index contributed by atoms with van der Waals surface area (Å²) in [5.41, 5.74) is 0.770. The summed E-state index contributed by atoms with van der Waals surface area (Å²) in [4.78, 5) is 11.6. The summed E-state index contributed by atoms with van der Waals surface area (Å²) in [6.07, 6.45) is 6.35. The lowest BCUT2D eigenvalue weighted by atomic mass is 9.87. The van der Waals surface area contributed by atoms with Gasteiger partial charge in [0.15, 0.2) is 0 Å². The molecule has 2 atom stereocenters. The second-order valence-corrected chi connectivity index (χ2v) is 5.14. The van der Waals surface area contributed by atoms with E-state index in [2.05, 4.69) is 21.9 Å². The molecule has 1 heterocycles. The van der Waals surface area contributed by atoms with Gasteiger partial charge < -0.3 is 10.6 Å². The van der Waals surface area contributed by atoms with E-state index in [1.807, 2.05) is 5.38 Å². The fraction of sp³-hybridized carbons (Fsp3) is 0.636. The van der Waals surface area contributed by atoms with Gasteiger partial charge in [-0.25, -0.2) is 4.79 Å². The summed E-state index contributed by atoms with van der Waals surface area (Å²) < 4.78 is 3.93. The van der Waals surface area contributed by atoms with Gasteiger partial charge in [-0.2, -0.15) is 4.37 Å². The Balaban J connectivity index is 1.78. The summed E-state index contributed by atoms with van der Waals surface area (Å²) in [5, 5.41) is 7.62. The molecule has 2 N–H and O–H groups in total. The summed E-state index contributed by atoms with van der Waals surface area (Å²) in [6, 6.07) is 0.217. The molecule has 0 aromatic carbocycles. The maximum Gasteiger partial charge on any atom is 0.319 e. The number of carbonyl (C=O) groups excluding carboxylic acids is 1. The maximum absolute atomic E-state index is 11.6. The molecule has 88 valence electrons. The van der Waals surface area contributed by atoms with Crippen molar-refractivity contribution in [2.24, 2.45) is 5.92 Å². The van der Waals surface area contributed by atoms with Crippen molar-refractivity contribution < 1.29 is 4.79 Å². The third-order valence-corrected chi connectivity index (χ3v) is 3.55. The van der Waals surface area contributed by atoms with Crippen molar-refractivity contribution in [1.82, 2.24) is 9.69 Å². The molecule has 16 heavy (non-hydrogen) atoms. The molecule has 0 spiro atoms. The zero-order chi connectivity index (χ0) is 11.4. The molecular formula is C11H17N3OS. The summed E-state index contributed by atoms with van der Waals surface area (Å²) >= 11 is 1.34. The van der Waals surface area contributed by atoms with Gasteiger partial charge in [0.25, 0.3) is 0 Å². The van der Waals surface area contributed by atoms with Gasteiger partial charge in [0, 0.05) is 11.4 Å². The number of rotatable bonds is 2. The normalized spacial score (nSPS) is 25.1. The first-order chi connectivity index (χ1) is 7.74. The van der Waals surface area contributed by atoms with Crippen molar-refractivity contribution in [2.45, 2.75) is 38.6 Å². The number of aromatic nitrogens is 1. The minimum Gasteiger partial charge on any atom is -0.335 e. The number of anilines is 1. The van der Waals surface area contributed by atoms with Crippen LogP contribution in [0.5, 0.6) is 0 Å². The predicted octanol–water partition coefficient (Wildman–Crippen LogP) is 2.84. The Bertz CT molecular complexity index is 339. The fourth-order valence-electron chi connectivity index (χ4n) is 2.18. The second-order valence-electron chi connectivity index (χ2n) is 4.48. The van der Waals surface area contributed by atoms with Crippen LogP contribution >= 0.6 is 11.5 Å². The summed E-state index contributed by atoms with van der Waals surface area (Å²) in [6.45, 7) is 2.24. The third-order valence-electron chi connectivity index (χ3n) is 2.96. The standard InChI is InChI=1S/C11H17N3OS/c1-8-3-2-4-9(5-8)13-11(15)14-10-6-12-16-7-10/h6-9H,2-5H2,1H3,(H2,13,14,15). The fourth-order valence-corrected chi connectivity index (χ4v) is 2.65. The van der Waals surface area contributed by atoms with E-state index in [1.54, 1.807) is 6.20 Å². The zero-order valence-electron chi connectivity index (χ0n) is 9.40. The number of nitrogens with zero attached hydrogens (tertiary/aromatic N) is 1. The highest BCUT2D eigenvalue weighted by atomic mass is 32.1. The van der Waals surface area contributed by atoms with Crippen molar-refractivity contribution in [3.8, 4) is 0 Å². The van der Waals surface area contributed by atoms with E-state index in [-0.39, 0.29) is 6.03 Å². The van der Waals surface area contributed by atoms with Crippen LogP contribution in [0.15, 0.2) is 11.6 Å². The molecule has 0 bridgehead atoms. The van der Waals surface area contributed by atoms with Crippen LogP contribution in [0.25, 0.3) is 0 Å². The first-order valence-electron chi connectivity index (χ1n) is 5.71. The Labute approximate surface area is 99.6 Å². The van der Waals surface area contributed by atoms with Crippen LogP contribution in [0.4, 0.5) is 10.5 Å². The monoisotopic (exact) mass is 239 g/mol. The molecule has 2 rings (SSSR count). The van der Waals surface area contributed by atoms with Crippen LogP contribution in [0.1, 0.15) is 32.6 Å². The van der Waals surface area contributed by atoms with E-state index >= 15 is 0 Å². The van der Waals surface area contributed by atoms with Crippen LogP contribution in [0.2, 0.25) is 0 Å². The third kappa shape index (κ3) is 3.20. The molecule has 0 aliphatic heterocycles. The molecule has 5 heteroatoms. The van der Waals surface area contributed by atoms with Gasteiger partial charge in [-0.1, -0.05) is 19.8 Å². The molecule has 1 fully saturated rings. The number of carbonyl (C=O) groups is 1. The average molecular weight is 239 g/mol. The summed E-state index contributed by atoms with van der Waals surface area (Å²) in [5.74, 6) is 0.724. The highest BCUT2D eigenvalue weighted by Crippen LogP contribution is 2.23. The van der Waals surface area contributed by atoms with Gasteiger partial charge in [0.05, 0.1) is 11.9 Å². The number of hydrogen-bond donors (Lipinski definition) is 2. The number of urea groups is 1. The molecule has 4 nitrogen and oxygen atoms in total. The summed E-state index contributed by atoms with van der Waals surface area (Å²) in [7, 11) is 0. The van der Waals surface area contributed by atoms with Gasteiger partial charge in [0.1, 0.15) is 0 Å². The van der Waals surface area contributed by atoms with Gasteiger partial charge >= 0.3 is 6.03 Å². The predicted molar refractivity (Wildman–Crippen MR) is 65.7 cm³/mol. The quantitative estimate of drug-likeness (QED) is 0.833. The van der Waals surface area contributed by atoms with Crippen molar-refractivity contribution >= 4 is 23.3 Å².